The number of rotatable bonds is 6. The second kappa shape index (κ2) is 7.96. The summed E-state index contributed by atoms with van der Waals surface area (Å²) < 4.78 is 0. The molecular formula is C19H23N3O4S. The molecule has 0 spiro atoms. The average Bonchev–Trinajstić information content (AvgIpc) is 3.11. The van der Waals surface area contributed by atoms with Crippen LogP contribution < -0.4 is 5.32 Å². The molecule has 144 valence electrons. The lowest BCUT2D eigenvalue weighted by Gasteiger charge is -2.39. The zero-order valence-corrected chi connectivity index (χ0v) is 16.1. The minimum absolute atomic E-state index is 0.119. The molecule has 1 aliphatic heterocycles. The zero-order chi connectivity index (χ0) is 19.6. The van der Waals surface area contributed by atoms with Crippen LogP contribution in [0.5, 0.6) is 11.5 Å². The quantitative estimate of drug-likeness (QED) is 0.656. The van der Waals surface area contributed by atoms with E-state index in [1.54, 1.807) is 17.2 Å². The Hall–Kier alpha value is -2.61. The van der Waals surface area contributed by atoms with Crippen molar-refractivity contribution in [1.82, 2.24) is 15.2 Å². The van der Waals surface area contributed by atoms with Crippen molar-refractivity contribution in [1.29, 1.82) is 0 Å². The number of benzene rings is 1. The highest BCUT2D eigenvalue weighted by Crippen LogP contribution is 2.27. The monoisotopic (exact) mass is 389 g/mol. The van der Waals surface area contributed by atoms with Crippen LogP contribution in [-0.2, 0) is 22.6 Å². The maximum Gasteiger partial charge on any atom is 0.246 e. The molecule has 1 fully saturated rings. The summed E-state index contributed by atoms with van der Waals surface area (Å²) in [7, 11) is 0. The van der Waals surface area contributed by atoms with Crippen LogP contribution in [0.15, 0.2) is 29.8 Å². The van der Waals surface area contributed by atoms with E-state index < -0.39 is 12.1 Å². The first-order valence-corrected chi connectivity index (χ1v) is 9.73. The first-order chi connectivity index (χ1) is 12.8. The summed E-state index contributed by atoms with van der Waals surface area (Å²) in [6.45, 7) is 4.29. The van der Waals surface area contributed by atoms with E-state index in [0.717, 1.165) is 5.01 Å². The molecule has 1 saturated heterocycles. The lowest BCUT2D eigenvalue weighted by Crippen LogP contribution is -2.63. The van der Waals surface area contributed by atoms with Gasteiger partial charge in [-0.3, -0.25) is 9.59 Å². The van der Waals surface area contributed by atoms with Crippen LogP contribution in [0.2, 0.25) is 0 Å². The van der Waals surface area contributed by atoms with Gasteiger partial charge in [0.15, 0.2) is 11.5 Å². The van der Waals surface area contributed by atoms with Crippen LogP contribution in [0.1, 0.15) is 30.8 Å². The summed E-state index contributed by atoms with van der Waals surface area (Å²) in [6, 6.07) is 3.18. The Kier molecular flexibility index (Phi) is 5.65. The predicted octanol–water partition coefficient (Wildman–Crippen LogP) is 2.04. The van der Waals surface area contributed by atoms with Gasteiger partial charge in [-0.1, -0.05) is 19.9 Å². The summed E-state index contributed by atoms with van der Waals surface area (Å²) in [5.74, 6) is -0.541. The van der Waals surface area contributed by atoms with Crippen LogP contribution in [0.25, 0.3) is 0 Å². The summed E-state index contributed by atoms with van der Waals surface area (Å²) in [5.41, 5.74) is 0.657. The molecule has 8 heteroatoms. The smallest absolute Gasteiger partial charge is 0.246 e. The molecule has 1 aromatic heterocycles. The number of carbonyl (C=O) groups is 2. The Morgan fingerprint density at radius 1 is 1.26 bits per heavy atom. The molecule has 0 saturated carbocycles. The fourth-order valence-corrected chi connectivity index (χ4v) is 3.86. The molecule has 2 unspecified atom stereocenters. The van der Waals surface area contributed by atoms with Gasteiger partial charge in [-0.15, -0.1) is 11.3 Å². The summed E-state index contributed by atoms with van der Waals surface area (Å²) in [5, 5.41) is 24.7. The molecule has 3 N–H and O–H groups in total. The highest BCUT2D eigenvalue weighted by Gasteiger charge is 2.40. The molecule has 2 atom stereocenters. The number of nitrogens with zero attached hydrogens (tertiary/aromatic N) is 2. The maximum atomic E-state index is 13.1. The second-order valence-corrected chi connectivity index (χ2v) is 8.10. The number of hydrogen-bond acceptors (Lipinski definition) is 6. The molecule has 3 rings (SSSR count). The number of aromatic nitrogens is 1. The molecule has 7 nitrogen and oxygen atoms in total. The standard InChI is InChI=1S/C19H23N3O4S/c1-11(2)7-13-19(26)22(10-17-20-5-6-27-17)14(18(25)21-13)8-12-3-4-15(23)16(24)9-12/h3-6,9,11,13-14,23-24H,7-8,10H2,1-2H3,(H,21,25). The zero-order valence-electron chi connectivity index (χ0n) is 15.3. The highest BCUT2D eigenvalue weighted by molar-refractivity contribution is 7.09. The molecule has 2 heterocycles. The third kappa shape index (κ3) is 4.39. The fourth-order valence-electron chi connectivity index (χ4n) is 3.24. The van der Waals surface area contributed by atoms with E-state index in [0.29, 0.717) is 12.0 Å². The number of carbonyl (C=O) groups excluding carboxylic acids is 2. The third-order valence-corrected chi connectivity index (χ3v) is 5.31. The summed E-state index contributed by atoms with van der Waals surface area (Å²) in [6.07, 6.45) is 2.49. The average molecular weight is 389 g/mol. The topological polar surface area (TPSA) is 103 Å². The number of amides is 2. The highest BCUT2D eigenvalue weighted by atomic mass is 32.1. The van der Waals surface area contributed by atoms with Crippen LogP contribution >= 0.6 is 11.3 Å². The number of piperazine rings is 1. The molecule has 0 radical (unpaired) electrons. The van der Waals surface area contributed by atoms with Gasteiger partial charge < -0.3 is 20.4 Å². The van der Waals surface area contributed by atoms with Gasteiger partial charge in [0, 0.05) is 18.0 Å². The van der Waals surface area contributed by atoms with Crippen molar-refractivity contribution >= 4 is 23.2 Å². The van der Waals surface area contributed by atoms with E-state index in [-0.39, 0.29) is 42.2 Å². The summed E-state index contributed by atoms with van der Waals surface area (Å²) in [4.78, 5) is 31.7. The molecule has 2 aromatic rings. The Bertz CT molecular complexity index is 822. The molecule has 1 aliphatic rings. The van der Waals surface area contributed by atoms with Crippen LogP contribution in [-0.4, -0.2) is 44.0 Å². The first kappa shape index (κ1) is 19.2. The minimum atomic E-state index is -0.700. The van der Waals surface area contributed by atoms with E-state index in [2.05, 4.69) is 10.3 Å². The van der Waals surface area contributed by atoms with Gasteiger partial charge in [-0.05, 0) is 30.0 Å². The van der Waals surface area contributed by atoms with E-state index in [4.69, 9.17) is 0 Å². The van der Waals surface area contributed by atoms with Crippen molar-refractivity contribution in [3.63, 3.8) is 0 Å². The lowest BCUT2D eigenvalue weighted by molar-refractivity contribution is -0.150. The van der Waals surface area contributed by atoms with E-state index in [1.165, 1.54) is 23.5 Å². The largest absolute Gasteiger partial charge is 0.504 e. The Morgan fingerprint density at radius 2 is 2.04 bits per heavy atom. The molecular weight excluding hydrogens is 366 g/mol. The number of phenolic OH excluding ortho intramolecular Hbond substituents is 2. The SMILES string of the molecule is CC(C)CC1NC(=O)C(Cc2ccc(O)c(O)c2)N(Cc2nccs2)C1=O. The van der Waals surface area contributed by atoms with Gasteiger partial charge >= 0.3 is 0 Å². The Morgan fingerprint density at radius 3 is 2.67 bits per heavy atom. The van der Waals surface area contributed by atoms with Crippen LogP contribution in [0.4, 0.5) is 0 Å². The first-order valence-electron chi connectivity index (χ1n) is 8.85. The normalized spacial score (nSPS) is 20.2. The van der Waals surface area contributed by atoms with Crippen molar-refractivity contribution in [2.24, 2.45) is 5.92 Å². The second-order valence-electron chi connectivity index (χ2n) is 7.13. The molecule has 27 heavy (non-hydrogen) atoms. The summed E-state index contributed by atoms with van der Waals surface area (Å²) >= 11 is 1.44. The van der Waals surface area contributed by atoms with Crippen molar-refractivity contribution in [3.05, 3.63) is 40.3 Å². The minimum Gasteiger partial charge on any atom is -0.504 e. The molecule has 2 amide bonds. The molecule has 0 aliphatic carbocycles. The Labute approximate surface area is 161 Å². The Balaban J connectivity index is 1.87. The van der Waals surface area contributed by atoms with Crippen molar-refractivity contribution < 1.29 is 19.8 Å². The van der Waals surface area contributed by atoms with Gasteiger partial charge in [0.05, 0.1) is 6.54 Å². The van der Waals surface area contributed by atoms with Crippen molar-refractivity contribution in [3.8, 4) is 11.5 Å². The van der Waals surface area contributed by atoms with Gasteiger partial charge in [0.25, 0.3) is 0 Å². The van der Waals surface area contributed by atoms with Crippen molar-refractivity contribution in [2.75, 3.05) is 0 Å². The van der Waals surface area contributed by atoms with Gasteiger partial charge in [-0.2, -0.15) is 0 Å². The number of phenols is 2. The van der Waals surface area contributed by atoms with Crippen LogP contribution in [0.3, 0.4) is 0 Å². The van der Waals surface area contributed by atoms with Crippen LogP contribution in [0, 0.1) is 5.92 Å². The third-order valence-electron chi connectivity index (χ3n) is 4.54. The molecule has 1 aromatic carbocycles. The van der Waals surface area contributed by atoms with Gasteiger partial charge in [0.2, 0.25) is 11.8 Å². The van der Waals surface area contributed by atoms with Gasteiger partial charge in [-0.25, -0.2) is 4.98 Å². The fraction of sp³-hybridized carbons (Fsp3) is 0.421. The maximum absolute atomic E-state index is 13.1. The van der Waals surface area contributed by atoms with Gasteiger partial charge in [0.1, 0.15) is 17.1 Å². The lowest BCUT2D eigenvalue weighted by atomic mass is 9.95. The van der Waals surface area contributed by atoms with E-state index >= 15 is 0 Å². The number of thiazole rings is 1. The predicted molar refractivity (Wildman–Crippen MR) is 101 cm³/mol. The van der Waals surface area contributed by atoms with Crippen molar-refractivity contribution in [2.45, 2.75) is 45.3 Å². The number of aromatic hydroxyl groups is 2. The van der Waals surface area contributed by atoms with E-state index in [9.17, 15) is 19.8 Å². The number of hydrogen-bond donors (Lipinski definition) is 3. The van der Waals surface area contributed by atoms with E-state index in [1.807, 2.05) is 19.2 Å². The number of nitrogens with one attached hydrogen (secondary N) is 1. The molecule has 0 bridgehead atoms.